The molecule has 2 saturated carbocycles. The summed E-state index contributed by atoms with van der Waals surface area (Å²) in [6, 6.07) is 8.63. The summed E-state index contributed by atoms with van der Waals surface area (Å²) >= 11 is 4.67. The van der Waals surface area contributed by atoms with E-state index >= 15 is 0 Å². The van der Waals surface area contributed by atoms with Gasteiger partial charge in [0.15, 0.2) is 0 Å². The molecule has 0 aliphatic heterocycles. The molecule has 0 heterocycles. The summed E-state index contributed by atoms with van der Waals surface area (Å²) in [7, 11) is 0. The summed E-state index contributed by atoms with van der Waals surface area (Å²) in [5, 5.41) is 2.44. The van der Waals surface area contributed by atoms with Gasteiger partial charge in [-0.3, -0.25) is 0 Å². The highest BCUT2D eigenvalue weighted by Gasteiger charge is 2.30. The lowest BCUT2D eigenvalue weighted by molar-refractivity contribution is 0.158. The zero-order chi connectivity index (χ0) is 16.1. The molecule has 1 aromatic rings. The van der Waals surface area contributed by atoms with Crippen molar-refractivity contribution in [3.63, 3.8) is 0 Å². The third kappa shape index (κ3) is 4.31. The van der Waals surface area contributed by atoms with E-state index in [1.165, 1.54) is 63.4 Å². The molecule has 0 spiro atoms. The van der Waals surface area contributed by atoms with E-state index in [1.807, 2.05) is 0 Å². The van der Waals surface area contributed by atoms with Crippen molar-refractivity contribution in [2.75, 3.05) is 0 Å². The molecule has 0 saturated heterocycles. The van der Waals surface area contributed by atoms with E-state index in [4.69, 9.17) is 0 Å². The van der Waals surface area contributed by atoms with Crippen LogP contribution in [0.1, 0.15) is 76.2 Å². The van der Waals surface area contributed by atoms with Gasteiger partial charge in [-0.25, -0.2) is 0 Å². The Labute approximate surface area is 146 Å². The van der Waals surface area contributed by atoms with E-state index < -0.39 is 0 Å². The van der Waals surface area contributed by atoms with Gasteiger partial charge in [0.05, 0.1) is 10.8 Å². The Morgan fingerprint density at radius 2 is 1.48 bits per heavy atom. The number of hydrogen-bond donors (Lipinski definition) is 0. The Morgan fingerprint density at radius 3 is 2.00 bits per heavy atom. The van der Waals surface area contributed by atoms with Gasteiger partial charge in [-0.05, 0) is 92.1 Å². The summed E-state index contributed by atoms with van der Waals surface area (Å²) in [5.74, 6) is 3.81. The largest absolute Gasteiger partial charge is 0.195 e. The highest BCUT2D eigenvalue weighted by Crippen LogP contribution is 2.44. The average Bonchev–Trinajstić information content (AvgIpc) is 2.63. The van der Waals surface area contributed by atoms with Gasteiger partial charge in [0.2, 0.25) is 0 Å². The SMILES string of the molecule is CCC1CCC(C2CCC(c3ccc(N=C=S)cc3)CC2)CC1. The second-order valence-electron chi connectivity index (χ2n) is 7.60. The lowest BCUT2D eigenvalue weighted by Gasteiger charge is -2.38. The predicted octanol–water partition coefficient (Wildman–Crippen LogP) is 6.91. The molecule has 0 radical (unpaired) electrons. The van der Waals surface area contributed by atoms with Gasteiger partial charge in [-0.2, -0.15) is 4.99 Å². The summed E-state index contributed by atoms with van der Waals surface area (Å²) in [4.78, 5) is 4.04. The molecule has 0 bridgehead atoms. The second kappa shape index (κ2) is 8.22. The quantitative estimate of drug-likeness (QED) is 0.432. The molecule has 2 aliphatic rings. The number of rotatable bonds is 4. The number of isothiocyanates is 1. The first-order valence-electron chi connectivity index (χ1n) is 9.48. The normalized spacial score (nSPS) is 31.3. The van der Waals surface area contributed by atoms with Crippen LogP contribution in [0.15, 0.2) is 29.3 Å². The molecular formula is C21H29NS. The van der Waals surface area contributed by atoms with Crippen LogP contribution < -0.4 is 0 Å². The van der Waals surface area contributed by atoms with Crippen LogP contribution in [0.3, 0.4) is 0 Å². The minimum atomic E-state index is 0.753. The van der Waals surface area contributed by atoms with Gasteiger partial charge < -0.3 is 0 Å². The number of aliphatic imine (C=N–C) groups is 1. The maximum atomic E-state index is 4.67. The van der Waals surface area contributed by atoms with Crippen molar-refractivity contribution < 1.29 is 0 Å². The van der Waals surface area contributed by atoms with Crippen LogP contribution in [0.25, 0.3) is 0 Å². The van der Waals surface area contributed by atoms with E-state index in [9.17, 15) is 0 Å². The zero-order valence-corrected chi connectivity index (χ0v) is 15.2. The summed E-state index contributed by atoms with van der Waals surface area (Å²) < 4.78 is 0. The molecule has 0 atom stereocenters. The maximum absolute atomic E-state index is 4.67. The van der Waals surface area contributed by atoms with Crippen LogP contribution in [-0.2, 0) is 0 Å². The van der Waals surface area contributed by atoms with Gasteiger partial charge in [-0.15, -0.1) is 0 Å². The first-order chi connectivity index (χ1) is 11.3. The summed E-state index contributed by atoms with van der Waals surface area (Å²) in [6.07, 6.45) is 13.0. The highest BCUT2D eigenvalue weighted by atomic mass is 32.1. The van der Waals surface area contributed by atoms with Crippen molar-refractivity contribution >= 4 is 23.1 Å². The standard InChI is InChI=1S/C21H29NS/c1-2-16-3-5-17(6-4-16)18-7-9-19(10-8-18)20-11-13-21(14-12-20)22-15-23/h11-14,16-19H,2-10H2,1H3. The number of nitrogens with zero attached hydrogens (tertiary/aromatic N) is 1. The molecule has 0 aromatic heterocycles. The number of hydrogen-bond acceptors (Lipinski definition) is 2. The van der Waals surface area contributed by atoms with Crippen molar-refractivity contribution in [1.29, 1.82) is 0 Å². The van der Waals surface area contributed by atoms with E-state index in [-0.39, 0.29) is 0 Å². The van der Waals surface area contributed by atoms with Crippen molar-refractivity contribution in [3.05, 3.63) is 29.8 Å². The Balaban J connectivity index is 1.51. The minimum Gasteiger partial charge on any atom is -0.195 e. The zero-order valence-electron chi connectivity index (χ0n) is 14.3. The van der Waals surface area contributed by atoms with E-state index in [0.717, 1.165) is 29.4 Å². The maximum Gasteiger partial charge on any atom is 0.0739 e. The molecule has 3 rings (SSSR count). The Bertz CT molecular complexity index is 527. The van der Waals surface area contributed by atoms with Crippen LogP contribution in [-0.4, -0.2) is 5.16 Å². The predicted molar refractivity (Wildman–Crippen MR) is 102 cm³/mol. The molecule has 0 unspecified atom stereocenters. The van der Waals surface area contributed by atoms with Crippen molar-refractivity contribution in [2.24, 2.45) is 22.7 Å². The summed E-state index contributed by atoms with van der Waals surface area (Å²) in [5.41, 5.74) is 2.41. The van der Waals surface area contributed by atoms with E-state index in [2.05, 4.69) is 53.6 Å². The first kappa shape index (κ1) is 16.9. The van der Waals surface area contributed by atoms with E-state index in [0.29, 0.717) is 0 Å². The Hall–Kier alpha value is -0.980. The number of thiocarbonyl (C=S) groups is 1. The molecule has 0 amide bonds. The van der Waals surface area contributed by atoms with Crippen molar-refractivity contribution in [2.45, 2.75) is 70.6 Å². The first-order valence-corrected chi connectivity index (χ1v) is 9.88. The minimum absolute atomic E-state index is 0.753. The number of benzene rings is 1. The molecule has 1 nitrogen and oxygen atoms in total. The molecule has 2 fully saturated rings. The molecular weight excluding hydrogens is 298 g/mol. The lowest BCUT2D eigenvalue weighted by Crippen LogP contribution is -2.25. The van der Waals surface area contributed by atoms with Gasteiger partial charge in [0.1, 0.15) is 0 Å². The molecule has 0 N–H and O–H groups in total. The molecule has 2 heteroatoms. The van der Waals surface area contributed by atoms with Gasteiger partial charge in [0.25, 0.3) is 0 Å². The molecule has 124 valence electrons. The molecule has 1 aromatic carbocycles. The van der Waals surface area contributed by atoms with E-state index in [1.54, 1.807) is 0 Å². The fraction of sp³-hybridized carbons (Fsp3) is 0.667. The van der Waals surface area contributed by atoms with Gasteiger partial charge >= 0.3 is 0 Å². The van der Waals surface area contributed by atoms with Crippen LogP contribution >= 0.6 is 12.2 Å². The lowest BCUT2D eigenvalue weighted by atomic mass is 9.68. The van der Waals surface area contributed by atoms with Crippen LogP contribution in [0, 0.1) is 17.8 Å². The highest BCUT2D eigenvalue weighted by molar-refractivity contribution is 7.78. The monoisotopic (exact) mass is 327 g/mol. The second-order valence-corrected chi connectivity index (χ2v) is 7.78. The third-order valence-electron chi connectivity index (χ3n) is 6.45. The topological polar surface area (TPSA) is 12.4 Å². The van der Waals surface area contributed by atoms with Gasteiger partial charge in [-0.1, -0.05) is 38.3 Å². The molecule has 2 aliphatic carbocycles. The third-order valence-corrected chi connectivity index (χ3v) is 6.54. The summed E-state index contributed by atoms with van der Waals surface area (Å²) in [6.45, 7) is 2.36. The van der Waals surface area contributed by atoms with Crippen molar-refractivity contribution in [3.8, 4) is 0 Å². The smallest absolute Gasteiger partial charge is 0.0739 e. The van der Waals surface area contributed by atoms with Crippen LogP contribution in [0.2, 0.25) is 0 Å². The average molecular weight is 328 g/mol. The Kier molecular flexibility index (Phi) is 6.02. The van der Waals surface area contributed by atoms with Crippen LogP contribution in [0.5, 0.6) is 0 Å². The molecule has 23 heavy (non-hydrogen) atoms. The fourth-order valence-corrected chi connectivity index (χ4v) is 4.97. The van der Waals surface area contributed by atoms with Gasteiger partial charge in [0, 0.05) is 0 Å². The Morgan fingerprint density at radius 1 is 0.913 bits per heavy atom. The van der Waals surface area contributed by atoms with Crippen molar-refractivity contribution in [1.82, 2.24) is 0 Å². The fourth-order valence-electron chi connectivity index (χ4n) is 4.87. The van der Waals surface area contributed by atoms with Crippen LogP contribution in [0.4, 0.5) is 5.69 Å².